The summed E-state index contributed by atoms with van der Waals surface area (Å²) in [6.07, 6.45) is 0.946. The van der Waals surface area contributed by atoms with Crippen molar-refractivity contribution in [2.24, 2.45) is 5.92 Å². The van der Waals surface area contributed by atoms with E-state index in [0.29, 0.717) is 44.1 Å². The molecule has 0 atom stereocenters. The highest BCUT2D eigenvalue weighted by molar-refractivity contribution is 5.91. The third-order valence-corrected chi connectivity index (χ3v) is 3.27. The second-order valence-corrected chi connectivity index (χ2v) is 4.77. The Bertz CT molecular complexity index is 478. The molecule has 2 rings (SSSR count). The molecule has 1 aliphatic heterocycles. The first-order valence-corrected chi connectivity index (χ1v) is 6.76. The molecule has 7 heteroatoms. The van der Waals surface area contributed by atoms with Gasteiger partial charge >= 0.3 is 6.09 Å². The van der Waals surface area contributed by atoms with Gasteiger partial charge in [0.1, 0.15) is 5.76 Å². The average molecular weight is 281 g/mol. The molecule has 1 aromatic heterocycles. The number of hydrogen-bond donors (Lipinski definition) is 1. The molecule has 1 fully saturated rings. The van der Waals surface area contributed by atoms with E-state index in [-0.39, 0.29) is 17.9 Å². The molecule has 0 bridgehead atoms. The summed E-state index contributed by atoms with van der Waals surface area (Å²) in [7, 11) is 0. The van der Waals surface area contributed by atoms with E-state index in [2.05, 4.69) is 10.5 Å². The molecule has 110 valence electrons. The van der Waals surface area contributed by atoms with Gasteiger partial charge in [-0.1, -0.05) is 5.16 Å². The van der Waals surface area contributed by atoms with E-state index in [4.69, 9.17) is 9.26 Å². The summed E-state index contributed by atoms with van der Waals surface area (Å²) in [5, 5.41) is 6.45. The topological polar surface area (TPSA) is 84.7 Å². The third kappa shape index (κ3) is 3.49. The number of carbonyl (C=O) groups excluding carboxylic acids is 2. The van der Waals surface area contributed by atoms with Crippen LogP contribution in [0.1, 0.15) is 25.5 Å². The Morgan fingerprint density at radius 1 is 1.50 bits per heavy atom. The van der Waals surface area contributed by atoms with Gasteiger partial charge in [-0.3, -0.25) is 4.79 Å². The number of rotatable bonds is 3. The van der Waals surface area contributed by atoms with Crippen molar-refractivity contribution in [3.63, 3.8) is 0 Å². The van der Waals surface area contributed by atoms with E-state index >= 15 is 0 Å². The normalized spacial score (nSPS) is 16.0. The van der Waals surface area contributed by atoms with Gasteiger partial charge in [0.05, 0.1) is 6.61 Å². The summed E-state index contributed by atoms with van der Waals surface area (Å²) >= 11 is 0. The second kappa shape index (κ2) is 6.40. The van der Waals surface area contributed by atoms with Gasteiger partial charge in [-0.25, -0.2) is 4.79 Å². The van der Waals surface area contributed by atoms with Crippen LogP contribution in [0.25, 0.3) is 0 Å². The predicted octanol–water partition coefficient (Wildman–Crippen LogP) is 1.79. The molecule has 0 aromatic carbocycles. The van der Waals surface area contributed by atoms with Crippen LogP contribution in [0.4, 0.5) is 10.6 Å². The average Bonchev–Trinajstić information content (AvgIpc) is 2.84. The van der Waals surface area contributed by atoms with Gasteiger partial charge in [-0.05, 0) is 26.7 Å². The number of piperidine rings is 1. The van der Waals surface area contributed by atoms with Gasteiger partial charge in [0.2, 0.25) is 5.91 Å². The summed E-state index contributed by atoms with van der Waals surface area (Å²) in [6.45, 7) is 4.98. The fraction of sp³-hybridized carbons (Fsp3) is 0.615. The Balaban J connectivity index is 1.81. The Kier molecular flexibility index (Phi) is 4.60. The van der Waals surface area contributed by atoms with Crippen LogP contribution in [0.3, 0.4) is 0 Å². The lowest BCUT2D eigenvalue weighted by molar-refractivity contribution is -0.121. The lowest BCUT2D eigenvalue weighted by Crippen LogP contribution is -2.41. The maximum atomic E-state index is 12.1. The first-order chi connectivity index (χ1) is 9.60. The predicted molar refractivity (Wildman–Crippen MR) is 71.2 cm³/mol. The zero-order chi connectivity index (χ0) is 14.5. The number of amides is 2. The standard InChI is InChI=1S/C13H19N3O4/c1-3-19-13(18)16-6-4-10(5-7-16)12(17)14-11-8-9(2)20-15-11/h8,10H,3-7H2,1-2H3,(H,14,15,17). The van der Waals surface area contributed by atoms with E-state index in [9.17, 15) is 9.59 Å². The molecule has 0 spiro atoms. The summed E-state index contributed by atoms with van der Waals surface area (Å²) in [5.41, 5.74) is 0. The first kappa shape index (κ1) is 14.4. The van der Waals surface area contributed by atoms with Gasteiger partial charge in [0.25, 0.3) is 0 Å². The van der Waals surface area contributed by atoms with Crippen molar-refractivity contribution in [1.82, 2.24) is 10.1 Å². The van der Waals surface area contributed by atoms with Crippen molar-refractivity contribution in [2.75, 3.05) is 25.0 Å². The number of aromatic nitrogens is 1. The zero-order valence-corrected chi connectivity index (χ0v) is 11.7. The summed E-state index contributed by atoms with van der Waals surface area (Å²) in [4.78, 5) is 25.2. The minimum Gasteiger partial charge on any atom is -0.450 e. The Hall–Kier alpha value is -2.05. The molecule has 1 N–H and O–H groups in total. The van der Waals surface area contributed by atoms with Gasteiger partial charge in [-0.15, -0.1) is 0 Å². The van der Waals surface area contributed by atoms with Gasteiger partial charge < -0.3 is 19.5 Å². The summed E-state index contributed by atoms with van der Waals surface area (Å²) in [5.74, 6) is 0.886. The van der Waals surface area contributed by atoms with Gasteiger partial charge in [0, 0.05) is 25.1 Å². The number of hydrogen-bond acceptors (Lipinski definition) is 5. The SMILES string of the molecule is CCOC(=O)N1CCC(C(=O)Nc2cc(C)on2)CC1. The molecule has 0 unspecified atom stereocenters. The molecular formula is C13H19N3O4. The molecule has 0 aliphatic carbocycles. The molecular weight excluding hydrogens is 262 g/mol. The molecule has 0 radical (unpaired) electrons. The van der Waals surface area contributed by atoms with E-state index in [1.54, 1.807) is 24.8 Å². The smallest absolute Gasteiger partial charge is 0.409 e. The van der Waals surface area contributed by atoms with Crippen molar-refractivity contribution in [2.45, 2.75) is 26.7 Å². The van der Waals surface area contributed by atoms with Crippen molar-refractivity contribution in [3.8, 4) is 0 Å². The highest BCUT2D eigenvalue weighted by atomic mass is 16.6. The van der Waals surface area contributed by atoms with E-state index in [1.807, 2.05) is 0 Å². The van der Waals surface area contributed by atoms with Gasteiger partial charge in [0.15, 0.2) is 5.82 Å². The molecule has 2 heterocycles. The van der Waals surface area contributed by atoms with Crippen LogP contribution >= 0.6 is 0 Å². The maximum absolute atomic E-state index is 12.1. The zero-order valence-electron chi connectivity index (χ0n) is 11.7. The third-order valence-electron chi connectivity index (χ3n) is 3.27. The van der Waals surface area contributed by atoms with Crippen LogP contribution in [0, 0.1) is 12.8 Å². The van der Waals surface area contributed by atoms with Crippen LogP contribution in [0.5, 0.6) is 0 Å². The number of carbonyl (C=O) groups is 2. The van der Waals surface area contributed by atoms with Crippen LogP contribution in [-0.2, 0) is 9.53 Å². The quantitative estimate of drug-likeness (QED) is 0.913. The fourth-order valence-corrected chi connectivity index (χ4v) is 2.19. The molecule has 1 aromatic rings. The van der Waals surface area contributed by atoms with E-state index in [0.717, 1.165) is 0 Å². The number of anilines is 1. The monoisotopic (exact) mass is 281 g/mol. The van der Waals surface area contributed by atoms with Crippen molar-refractivity contribution in [1.29, 1.82) is 0 Å². The lowest BCUT2D eigenvalue weighted by atomic mass is 9.96. The largest absolute Gasteiger partial charge is 0.450 e. The Morgan fingerprint density at radius 3 is 2.75 bits per heavy atom. The number of aryl methyl sites for hydroxylation is 1. The number of nitrogens with zero attached hydrogens (tertiary/aromatic N) is 2. The highest BCUT2D eigenvalue weighted by Crippen LogP contribution is 2.20. The summed E-state index contributed by atoms with van der Waals surface area (Å²) < 4.78 is 9.83. The van der Waals surface area contributed by atoms with Crippen LogP contribution in [0.15, 0.2) is 10.6 Å². The number of ether oxygens (including phenoxy) is 1. The second-order valence-electron chi connectivity index (χ2n) is 4.77. The Morgan fingerprint density at radius 2 is 2.20 bits per heavy atom. The van der Waals surface area contributed by atoms with Crippen molar-refractivity contribution in [3.05, 3.63) is 11.8 Å². The van der Waals surface area contributed by atoms with Crippen LogP contribution in [0.2, 0.25) is 0 Å². The van der Waals surface area contributed by atoms with E-state index < -0.39 is 0 Å². The molecule has 0 saturated carbocycles. The molecule has 2 amide bonds. The first-order valence-electron chi connectivity index (χ1n) is 6.76. The van der Waals surface area contributed by atoms with Gasteiger partial charge in [-0.2, -0.15) is 0 Å². The number of likely N-dealkylation sites (tertiary alicyclic amines) is 1. The Labute approximate surface area is 117 Å². The summed E-state index contributed by atoms with van der Waals surface area (Å²) in [6, 6.07) is 1.67. The number of nitrogens with one attached hydrogen (secondary N) is 1. The molecule has 1 saturated heterocycles. The van der Waals surface area contributed by atoms with Crippen LogP contribution < -0.4 is 5.32 Å². The molecule has 1 aliphatic rings. The minimum atomic E-state index is -0.307. The van der Waals surface area contributed by atoms with Crippen molar-refractivity contribution < 1.29 is 18.8 Å². The maximum Gasteiger partial charge on any atom is 0.409 e. The van der Waals surface area contributed by atoms with E-state index in [1.165, 1.54) is 0 Å². The lowest BCUT2D eigenvalue weighted by Gasteiger charge is -2.30. The molecule has 7 nitrogen and oxygen atoms in total. The fourth-order valence-electron chi connectivity index (χ4n) is 2.19. The minimum absolute atomic E-state index is 0.0817. The van der Waals surface area contributed by atoms with Crippen LogP contribution in [-0.4, -0.2) is 41.8 Å². The molecule has 20 heavy (non-hydrogen) atoms. The highest BCUT2D eigenvalue weighted by Gasteiger charge is 2.28. The van der Waals surface area contributed by atoms with Crippen molar-refractivity contribution >= 4 is 17.8 Å².